The van der Waals surface area contributed by atoms with E-state index in [1.165, 1.54) is 0 Å². The number of Topliss-reactive ketones (excluding diaryl/α,β-unsaturated/α-hetero) is 1. The number of nitrogens with zero attached hydrogens (tertiary/aromatic N) is 1. The summed E-state index contributed by atoms with van der Waals surface area (Å²) in [6.07, 6.45) is 3.11. The summed E-state index contributed by atoms with van der Waals surface area (Å²) in [6, 6.07) is 15.3. The molecule has 0 aromatic heterocycles. The summed E-state index contributed by atoms with van der Waals surface area (Å²) < 4.78 is 11.5. The molecule has 0 amide bonds. The van der Waals surface area contributed by atoms with Gasteiger partial charge in [-0.05, 0) is 37.5 Å². The van der Waals surface area contributed by atoms with E-state index in [1.54, 1.807) is 38.3 Å². The van der Waals surface area contributed by atoms with Crippen LogP contribution in [0.4, 0.5) is 0 Å². The van der Waals surface area contributed by atoms with Crippen molar-refractivity contribution in [2.75, 3.05) is 7.11 Å². The van der Waals surface area contributed by atoms with Gasteiger partial charge in [-0.3, -0.25) is 4.79 Å². The molecule has 1 aliphatic rings. The third kappa shape index (κ3) is 3.90. The molecule has 3 rings (SSSR count). The lowest BCUT2D eigenvalue weighted by Crippen LogP contribution is -2.44. The molecule has 0 saturated heterocycles. The molecule has 2 aromatic rings. The zero-order chi connectivity index (χ0) is 20.9. The molecule has 0 heterocycles. The van der Waals surface area contributed by atoms with Crippen LogP contribution in [0.2, 0.25) is 0 Å². The second kappa shape index (κ2) is 8.93. The number of nitriles is 1. The van der Waals surface area contributed by atoms with Crippen LogP contribution in [0, 0.1) is 16.7 Å². The molecule has 0 fully saturated rings. The van der Waals surface area contributed by atoms with E-state index in [2.05, 4.69) is 6.07 Å². The maximum Gasteiger partial charge on any atom is 0.173 e. The van der Waals surface area contributed by atoms with Gasteiger partial charge in [-0.25, -0.2) is 0 Å². The van der Waals surface area contributed by atoms with Crippen molar-refractivity contribution < 1.29 is 19.4 Å². The van der Waals surface area contributed by atoms with E-state index in [9.17, 15) is 15.2 Å². The average Bonchev–Trinajstić information content (AvgIpc) is 2.75. The summed E-state index contributed by atoms with van der Waals surface area (Å²) in [6.45, 7) is 2.14. The molecule has 0 saturated carbocycles. The molecule has 2 atom stereocenters. The Morgan fingerprint density at radius 3 is 2.69 bits per heavy atom. The SMILES string of the molecule is C/C=C/[C@@H](O)[C@@]1(CC#N)CCc2c(ccc(OC)c2OCc2ccccc2)C1=O. The zero-order valence-corrected chi connectivity index (χ0v) is 16.7. The first-order chi connectivity index (χ1) is 14.1. The lowest BCUT2D eigenvalue weighted by Gasteiger charge is -2.38. The fourth-order valence-electron chi connectivity index (χ4n) is 3.91. The second-order valence-corrected chi connectivity index (χ2v) is 7.19. The van der Waals surface area contributed by atoms with Gasteiger partial charge in [-0.15, -0.1) is 0 Å². The number of hydrogen-bond acceptors (Lipinski definition) is 5. The molecule has 0 bridgehead atoms. The number of carbonyl (C=O) groups excluding carboxylic acids is 1. The van der Waals surface area contributed by atoms with E-state index < -0.39 is 11.5 Å². The van der Waals surface area contributed by atoms with E-state index in [0.717, 1.165) is 11.1 Å². The van der Waals surface area contributed by atoms with Crippen LogP contribution < -0.4 is 9.47 Å². The van der Waals surface area contributed by atoms with E-state index in [4.69, 9.17) is 9.47 Å². The minimum Gasteiger partial charge on any atom is -0.493 e. The maximum absolute atomic E-state index is 13.4. The predicted molar refractivity (Wildman–Crippen MR) is 110 cm³/mol. The van der Waals surface area contributed by atoms with Crippen molar-refractivity contribution in [3.63, 3.8) is 0 Å². The number of allylic oxidation sites excluding steroid dienone is 1. The summed E-state index contributed by atoms with van der Waals surface area (Å²) >= 11 is 0. The van der Waals surface area contributed by atoms with Crippen LogP contribution >= 0.6 is 0 Å². The van der Waals surface area contributed by atoms with Gasteiger partial charge in [-0.2, -0.15) is 5.26 Å². The Hall–Kier alpha value is -3.10. The minimum atomic E-state index is -1.14. The third-order valence-corrected chi connectivity index (χ3v) is 5.52. The normalized spacial score (nSPS) is 19.4. The lowest BCUT2D eigenvalue weighted by atomic mass is 9.65. The lowest BCUT2D eigenvalue weighted by molar-refractivity contribution is 0.0386. The first kappa shape index (κ1) is 20.6. The fourth-order valence-corrected chi connectivity index (χ4v) is 3.91. The third-order valence-electron chi connectivity index (χ3n) is 5.52. The Kier molecular flexibility index (Phi) is 6.36. The number of rotatable bonds is 7. The first-order valence-electron chi connectivity index (χ1n) is 9.66. The van der Waals surface area contributed by atoms with Gasteiger partial charge in [-0.1, -0.05) is 42.5 Å². The van der Waals surface area contributed by atoms with Gasteiger partial charge >= 0.3 is 0 Å². The standard InChI is InChI=1S/C24H25NO4/c1-3-7-21(26)24(14-15-25)13-12-18-19(23(24)27)10-11-20(28-2)22(18)29-16-17-8-5-4-6-9-17/h3-11,21,26H,12-14,16H2,1-2H3/b7-3+/t21-,24+/m1/s1. The molecular formula is C24H25NO4. The van der Waals surface area contributed by atoms with Crippen LogP contribution in [0.25, 0.3) is 0 Å². The monoisotopic (exact) mass is 391 g/mol. The number of aliphatic hydroxyl groups excluding tert-OH is 1. The Bertz CT molecular complexity index is 945. The Morgan fingerprint density at radius 1 is 1.28 bits per heavy atom. The molecule has 150 valence electrons. The van der Waals surface area contributed by atoms with Crippen molar-refractivity contribution in [1.82, 2.24) is 0 Å². The highest BCUT2D eigenvalue weighted by molar-refractivity contribution is 6.04. The molecule has 0 spiro atoms. The molecule has 29 heavy (non-hydrogen) atoms. The van der Waals surface area contributed by atoms with Crippen LogP contribution in [0.15, 0.2) is 54.6 Å². The topological polar surface area (TPSA) is 79.6 Å². The van der Waals surface area contributed by atoms with E-state index in [-0.39, 0.29) is 12.2 Å². The van der Waals surface area contributed by atoms with Gasteiger partial charge in [0.05, 0.1) is 31.1 Å². The van der Waals surface area contributed by atoms with Crippen molar-refractivity contribution in [2.45, 2.75) is 38.9 Å². The second-order valence-electron chi connectivity index (χ2n) is 7.19. The Labute approximate surface area is 171 Å². The minimum absolute atomic E-state index is 0.0387. The molecule has 1 aliphatic carbocycles. The molecule has 1 N–H and O–H groups in total. The Balaban J connectivity index is 2.00. The van der Waals surface area contributed by atoms with Gasteiger partial charge in [0.1, 0.15) is 6.61 Å². The van der Waals surface area contributed by atoms with Crippen LogP contribution in [0.5, 0.6) is 11.5 Å². The molecule has 2 aromatic carbocycles. The van der Waals surface area contributed by atoms with E-state index >= 15 is 0 Å². The van der Waals surface area contributed by atoms with Gasteiger partial charge in [0.2, 0.25) is 0 Å². The fraction of sp³-hybridized carbons (Fsp3) is 0.333. The van der Waals surface area contributed by atoms with Gasteiger partial charge in [0.25, 0.3) is 0 Å². The van der Waals surface area contributed by atoms with Crippen LogP contribution in [0.3, 0.4) is 0 Å². The summed E-state index contributed by atoms with van der Waals surface area (Å²) in [5, 5.41) is 20.0. The van der Waals surface area contributed by atoms with Gasteiger partial charge in [0, 0.05) is 11.1 Å². The zero-order valence-electron chi connectivity index (χ0n) is 16.7. The largest absolute Gasteiger partial charge is 0.493 e. The number of methoxy groups -OCH3 is 1. The van der Waals surface area contributed by atoms with Crippen molar-refractivity contribution in [1.29, 1.82) is 5.26 Å². The smallest absolute Gasteiger partial charge is 0.173 e. The van der Waals surface area contributed by atoms with Crippen molar-refractivity contribution >= 4 is 5.78 Å². The maximum atomic E-state index is 13.4. The molecule has 0 unspecified atom stereocenters. The highest BCUT2D eigenvalue weighted by Gasteiger charge is 2.48. The molecular weight excluding hydrogens is 366 g/mol. The number of carbonyl (C=O) groups is 1. The summed E-state index contributed by atoms with van der Waals surface area (Å²) in [5.41, 5.74) is 1.13. The van der Waals surface area contributed by atoms with E-state index in [0.29, 0.717) is 36.5 Å². The summed E-state index contributed by atoms with van der Waals surface area (Å²) in [7, 11) is 1.57. The van der Waals surface area contributed by atoms with Crippen LogP contribution in [0.1, 0.15) is 41.3 Å². The number of hydrogen-bond donors (Lipinski definition) is 1. The summed E-state index contributed by atoms with van der Waals surface area (Å²) in [4.78, 5) is 13.4. The average molecular weight is 391 g/mol. The van der Waals surface area contributed by atoms with Crippen LogP contribution in [-0.2, 0) is 13.0 Å². The van der Waals surface area contributed by atoms with Crippen molar-refractivity contribution in [3.05, 3.63) is 71.3 Å². The van der Waals surface area contributed by atoms with E-state index in [1.807, 2.05) is 30.3 Å². The number of fused-ring (bicyclic) bond motifs is 1. The number of aliphatic hydroxyl groups is 1. The van der Waals surface area contributed by atoms with Crippen molar-refractivity contribution in [2.24, 2.45) is 5.41 Å². The number of ether oxygens (including phenoxy) is 2. The van der Waals surface area contributed by atoms with Crippen molar-refractivity contribution in [3.8, 4) is 17.6 Å². The van der Waals surface area contributed by atoms with Gasteiger partial charge < -0.3 is 14.6 Å². The highest BCUT2D eigenvalue weighted by Crippen LogP contribution is 2.46. The summed E-state index contributed by atoms with van der Waals surface area (Å²) in [5.74, 6) is 0.890. The van der Waals surface area contributed by atoms with Crippen LogP contribution in [-0.4, -0.2) is 24.1 Å². The number of ketones is 1. The highest BCUT2D eigenvalue weighted by atomic mass is 16.5. The predicted octanol–water partition coefficient (Wildman–Crippen LogP) is 4.24. The first-order valence-corrected chi connectivity index (χ1v) is 9.66. The molecule has 5 heteroatoms. The van der Waals surface area contributed by atoms with Gasteiger partial charge in [0.15, 0.2) is 17.3 Å². The molecule has 0 radical (unpaired) electrons. The molecule has 0 aliphatic heterocycles. The quantitative estimate of drug-likeness (QED) is 0.714. The molecule has 5 nitrogen and oxygen atoms in total. The number of benzene rings is 2. The Morgan fingerprint density at radius 2 is 2.03 bits per heavy atom.